The van der Waals surface area contributed by atoms with Gasteiger partial charge in [0.15, 0.2) is 11.6 Å². The minimum Gasteiger partial charge on any atom is -0.453 e. The molecule has 2 heterocycles. The van der Waals surface area contributed by atoms with E-state index in [9.17, 15) is 4.39 Å². The number of fused-ring (bicyclic) bond motifs is 3. The Morgan fingerprint density at radius 3 is 2.82 bits per heavy atom. The number of hydrogen-bond donors (Lipinski definition) is 2. The molecular formula is C17H18FN3O. The number of nitrogens with zero attached hydrogens (tertiary/aromatic N) is 1. The van der Waals surface area contributed by atoms with Crippen molar-refractivity contribution in [3.63, 3.8) is 0 Å². The molecule has 2 N–H and O–H groups in total. The molecule has 1 aliphatic heterocycles. The van der Waals surface area contributed by atoms with Gasteiger partial charge in [0.2, 0.25) is 0 Å². The first-order valence-corrected chi connectivity index (χ1v) is 8.04. The summed E-state index contributed by atoms with van der Waals surface area (Å²) in [4.78, 5) is 4.96. The molecule has 3 fully saturated rings. The summed E-state index contributed by atoms with van der Waals surface area (Å²) in [6.07, 6.45) is 6.28. The predicted octanol–water partition coefficient (Wildman–Crippen LogP) is 3.33. The van der Waals surface area contributed by atoms with Crippen LogP contribution in [-0.4, -0.2) is 11.5 Å². The number of nitrogens with one attached hydrogen (secondary N) is 2. The molecule has 2 bridgehead atoms. The van der Waals surface area contributed by atoms with Gasteiger partial charge < -0.3 is 9.84 Å². The van der Waals surface area contributed by atoms with Crippen LogP contribution in [0.5, 0.6) is 0 Å². The fraction of sp³-hybridized carbons (Fsp3) is 0.471. The van der Waals surface area contributed by atoms with E-state index >= 15 is 0 Å². The third-order valence-electron chi connectivity index (χ3n) is 5.55. The van der Waals surface area contributed by atoms with Gasteiger partial charge in [-0.1, -0.05) is 0 Å². The standard InChI is InChI=1S/C17H18FN3O/c18-13-6-3-11-7-15(22-14(11)8-13)16-19-17(21-20-16)9-10-1-4-12(17)5-2-10/h3,6-8,10,12,21H,1-2,4-5,9H2,(H,19,20)/t10?,12?,17-/m1/s1. The van der Waals surface area contributed by atoms with Crippen LogP contribution in [0, 0.1) is 17.7 Å². The molecule has 0 radical (unpaired) electrons. The molecule has 22 heavy (non-hydrogen) atoms. The molecule has 114 valence electrons. The van der Waals surface area contributed by atoms with Crippen LogP contribution in [0.3, 0.4) is 0 Å². The van der Waals surface area contributed by atoms with E-state index in [2.05, 4.69) is 10.9 Å². The second-order valence-corrected chi connectivity index (χ2v) is 6.85. The molecule has 3 aliphatic carbocycles. The van der Waals surface area contributed by atoms with Crippen LogP contribution >= 0.6 is 0 Å². The lowest BCUT2D eigenvalue weighted by Crippen LogP contribution is -2.56. The quantitative estimate of drug-likeness (QED) is 0.849. The number of benzene rings is 1. The van der Waals surface area contributed by atoms with E-state index in [0.29, 0.717) is 17.3 Å². The Morgan fingerprint density at radius 2 is 2.05 bits per heavy atom. The molecule has 1 spiro atoms. The number of furan rings is 1. The Morgan fingerprint density at radius 1 is 1.18 bits per heavy atom. The summed E-state index contributed by atoms with van der Waals surface area (Å²) in [5.74, 6) is 2.51. The molecule has 2 aromatic rings. The maximum absolute atomic E-state index is 13.3. The summed E-state index contributed by atoms with van der Waals surface area (Å²) in [6.45, 7) is 0. The molecule has 0 unspecified atom stereocenters. The zero-order valence-corrected chi connectivity index (χ0v) is 12.2. The Kier molecular flexibility index (Phi) is 2.48. The summed E-state index contributed by atoms with van der Waals surface area (Å²) < 4.78 is 19.1. The van der Waals surface area contributed by atoms with Crippen molar-refractivity contribution in [3.05, 3.63) is 35.8 Å². The van der Waals surface area contributed by atoms with Crippen molar-refractivity contribution in [3.8, 4) is 0 Å². The summed E-state index contributed by atoms with van der Waals surface area (Å²) in [6, 6.07) is 6.52. The summed E-state index contributed by atoms with van der Waals surface area (Å²) >= 11 is 0. The highest BCUT2D eigenvalue weighted by atomic mass is 19.1. The highest BCUT2D eigenvalue weighted by molar-refractivity contribution is 6.00. The maximum atomic E-state index is 13.3. The lowest BCUT2D eigenvalue weighted by Gasteiger charge is -2.47. The normalized spacial score (nSPS) is 33.4. The van der Waals surface area contributed by atoms with E-state index in [-0.39, 0.29) is 11.5 Å². The Labute approximate surface area is 127 Å². The number of hydrazine groups is 1. The second-order valence-electron chi connectivity index (χ2n) is 6.85. The van der Waals surface area contributed by atoms with Gasteiger partial charge in [0.25, 0.3) is 0 Å². The average molecular weight is 299 g/mol. The van der Waals surface area contributed by atoms with E-state index in [1.807, 2.05) is 6.07 Å². The van der Waals surface area contributed by atoms with Crippen LogP contribution in [-0.2, 0) is 0 Å². The molecule has 0 amide bonds. The second kappa shape index (κ2) is 4.32. The highest BCUT2D eigenvalue weighted by Gasteiger charge is 2.50. The molecule has 1 aromatic heterocycles. The zero-order valence-electron chi connectivity index (χ0n) is 12.2. The van der Waals surface area contributed by atoms with Crippen molar-refractivity contribution in [1.82, 2.24) is 10.9 Å². The van der Waals surface area contributed by atoms with Gasteiger partial charge in [0.1, 0.15) is 17.1 Å². The van der Waals surface area contributed by atoms with Gasteiger partial charge >= 0.3 is 0 Å². The zero-order chi connectivity index (χ0) is 14.7. The first-order valence-electron chi connectivity index (χ1n) is 8.04. The first kappa shape index (κ1) is 12.6. The van der Waals surface area contributed by atoms with Gasteiger partial charge in [-0.2, -0.15) is 0 Å². The van der Waals surface area contributed by atoms with E-state index in [1.165, 1.54) is 37.8 Å². The topological polar surface area (TPSA) is 49.6 Å². The van der Waals surface area contributed by atoms with Crippen molar-refractivity contribution in [2.75, 3.05) is 0 Å². The summed E-state index contributed by atoms with van der Waals surface area (Å²) in [5.41, 5.74) is 7.02. The Hall–Kier alpha value is -1.88. The first-order chi connectivity index (χ1) is 10.7. The highest BCUT2D eigenvalue weighted by Crippen LogP contribution is 2.48. The molecular weight excluding hydrogens is 281 g/mol. The lowest BCUT2D eigenvalue weighted by atomic mass is 9.65. The van der Waals surface area contributed by atoms with E-state index in [4.69, 9.17) is 9.41 Å². The molecule has 6 rings (SSSR count). The molecule has 4 nitrogen and oxygen atoms in total. The van der Waals surface area contributed by atoms with Crippen LogP contribution < -0.4 is 10.9 Å². The minimum absolute atomic E-state index is 0.166. The van der Waals surface area contributed by atoms with Crippen LogP contribution in [0.25, 0.3) is 11.0 Å². The van der Waals surface area contributed by atoms with E-state index < -0.39 is 0 Å². The monoisotopic (exact) mass is 299 g/mol. The van der Waals surface area contributed by atoms with Crippen molar-refractivity contribution in [2.24, 2.45) is 16.8 Å². The van der Waals surface area contributed by atoms with Gasteiger partial charge in [-0.3, -0.25) is 0 Å². The number of hydrogen-bond acceptors (Lipinski definition) is 4. The summed E-state index contributed by atoms with van der Waals surface area (Å²) in [5, 5.41) is 0.895. The van der Waals surface area contributed by atoms with Gasteiger partial charge in [-0.15, -0.1) is 0 Å². The number of rotatable bonds is 1. The van der Waals surface area contributed by atoms with Crippen molar-refractivity contribution < 1.29 is 8.81 Å². The van der Waals surface area contributed by atoms with E-state index in [0.717, 1.165) is 23.6 Å². The number of halogens is 1. The third-order valence-corrected chi connectivity index (χ3v) is 5.55. The Balaban J connectivity index is 1.53. The van der Waals surface area contributed by atoms with Crippen LogP contribution in [0.2, 0.25) is 0 Å². The van der Waals surface area contributed by atoms with Crippen LogP contribution in [0.4, 0.5) is 4.39 Å². The number of amidine groups is 1. The maximum Gasteiger partial charge on any atom is 0.181 e. The molecule has 1 aromatic carbocycles. The van der Waals surface area contributed by atoms with Crippen LogP contribution in [0.15, 0.2) is 33.7 Å². The predicted molar refractivity (Wildman–Crippen MR) is 81.8 cm³/mol. The van der Waals surface area contributed by atoms with E-state index in [1.54, 1.807) is 6.07 Å². The van der Waals surface area contributed by atoms with Gasteiger partial charge in [-0.05, 0) is 62.1 Å². The van der Waals surface area contributed by atoms with Crippen molar-refractivity contribution in [2.45, 2.75) is 37.8 Å². The van der Waals surface area contributed by atoms with Gasteiger partial charge in [-0.25, -0.2) is 14.8 Å². The SMILES string of the molecule is Fc1ccc2cc(C3=N[C@]4(CC5CCC4CC5)NN3)oc2c1. The Bertz CT molecular complexity index is 775. The molecule has 0 saturated heterocycles. The fourth-order valence-corrected chi connectivity index (χ4v) is 4.40. The third kappa shape index (κ3) is 1.75. The lowest BCUT2D eigenvalue weighted by molar-refractivity contribution is 0.0506. The van der Waals surface area contributed by atoms with Crippen LogP contribution in [0.1, 0.15) is 37.9 Å². The van der Waals surface area contributed by atoms with Crippen molar-refractivity contribution >= 4 is 16.8 Å². The molecule has 5 heteroatoms. The average Bonchev–Trinajstić information content (AvgIpc) is 3.12. The van der Waals surface area contributed by atoms with Gasteiger partial charge in [0.05, 0.1) is 0 Å². The molecule has 4 aliphatic rings. The minimum atomic E-state index is -0.283. The molecule has 3 saturated carbocycles. The van der Waals surface area contributed by atoms with Crippen molar-refractivity contribution in [1.29, 1.82) is 0 Å². The van der Waals surface area contributed by atoms with Gasteiger partial charge in [0, 0.05) is 11.5 Å². The largest absolute Gasteiger partial charge is 0.453 e. The summed E-state index contributed by atoms with van der Waals surface area (Å²) in [7, 11) is 0. The number of aliphatic imine (C=N–C) groups is 1. The fourth-order valence-electron chi connectivity index (χ4n) is 4.40. The molecule has 1 atom stereocenters. The smallest absolute Gasteiger partial charge is 0.181 e.